The van der Waals surface area contributed by atoms with Gasteiger partial charge in [-0.25, -0.2) is 9.97 Å². The molecule has 0 saturated carbocycles. The Morgan fingerprint density at radius 3 is 2.61 bits per heavy atom. The summed E-state index contributed by atoms with van der Waals surface area (Å²) in [6.45, 7) is 1.73. The summed E-state index contributed by atoms with van der Waals surface area (Å²) in [5.41, 5.74) is 0.916. The van der Waals surface area contributed by atoms with Crippen molar-refractivity contribution in [3.05, 3.63) is 48.5 Å². The van der Waals surface area contributed by atoms with E-state index in [1.54, 1.807) is 24.8 Å². The zero-order valence-corrected chi connectivity index (χ0v) is 12.9. The molecule has 2 aliphatic heterocycles. The summed E-state index contributed by atoms with van der Waals surface area (Å²) in [5, 5.41) is 3.26. The van der Waals surface area contributed by atoms with E-state index in [9.17, 15) is 4.79 Å². The van der Waals surface area contributed by atoms with Crippen LogP contribution in [0.4, 0.5) is 5.95 Å². The van der Waals surface area contributed by atoms with Gasteiger partial charge in [-0.2, -0.15) is 0 Å². The fourth-order valence-electron chi connectivity index (χ4n) is 3.65. The number of carbonyl (C=O) groups excluding carboxylic acids is 1. The largest absolute Gasteiger partial charge is 0.350 e. The smallest absolute Gasteiger partial charge is 0.228 e. The third kappa shape index (κ3) is 2.65. The van der Waals surface area contributed by atoms with Gasteiger partial charge in [-0.3, -0.25) is 9.78 Å². The van der Waals surface area contributed by atoms with Crippen molar-refractivity contribution in [2.45, 2.75) is 30.7 Å². The van der Waals surface area contributed by atoms with Crippen LogP contribution in [0.15, 0.2) is 43.0 Å². The van der Waals surface area contributed by atoms with Crippen LogP contribution in [0.2, 0.25) is 0 Å². The quantitative estimate of drug-likeness (QED) is 0.910. The topological polar surface area (TPSA) is 71.0 Å². The molecule has 2 aromatic rings. The Bertz CT molecular complexity index is 683. The lowest BCUT2D eigenvalue weighted by Crippen LogP contribution is -2.51. The maximum absolute atomic E-state index is 12.4. The van der Waals surface area contributed by atoms with Crippen LogP contribution in [0.1, 0.15) is 30.7 Å². The maximum Gasteiger partial charge on any atom is 0.228 e. The molecule has 1 N–H and O–H groups in total. The van der Waals surface area contributed by atoms with Crippen LogP contribution in [-0.2, 0) is 4.79 Å². The second kappa shape index (κ2) is 5.61. The van der Waals surface area contributed by atoms with Crippen LogP contribution in [0.3, 0.4) is 0 Å². The summed E-state index contributed by atoms with van der Waals surface area (Å²) < 4.78 is 0. The lowest BCUT2D eigenvalue weighted by atomic mass is 9.82. The van der Waals surface area contributed by atoms with E-state index in [1.807, 2.05) is 18.2 Å². The molecule has 2 aliphatic rings. The van der Waals surface area contributed by atoms with Gasteiger partial charge in [-0.05, 0) is 37.0 Å². The summed E-state index contributed by atoms with van der Waals surface area (Å²) in [6.07, 6.45) is 9.77. The number of rotatable bonds is 2. The molecule has 118 valence electrons. The van der Waals surface area contributed by atoms with E-state index in [-0.39, 0.29) is 17.4 Å². The highest BCUT2D eigenvalue weighted by atomic mass is 16.2. The number of anilines is 1. The monoisotopic (exact) mass is 309 g/mol. The molecule has 23 heavy (non-hydrogen) atoms. The van der Waals surface area contributed by atoms with Crippen LogP contribution in [0, 0.1) is 0 Å². The van der Waals surface area contributed by atoms with Crippen LogP contribution in [-0.4, -0.2) is 39.5 Å². The molecule has 6 nitrogen and oxygen atoms in total. The van der Waals surface area contributed by atoms with E-state index in [2.05, 4.69) is 25.2 Å². The van der Waals surface area contributed by atoms with Crippen LogP contribution in [0.25, 0.3) is 0 Å². The van der Waals surface area contributed by atoms with Crippen molar-refractivity contribution >= 4 is 11.9 Å². The third-order valence-corrected chi connectivity index (χ3v) is 4.94. The van der Waals surface area contributed by atoms with Crippen molar-refractivity contribution in [3.8, 4) is 0 Å². The van der Waals surface area contributed by atoms with Crippen molar-refractivity contribution in [2.24, 2.45) is 0 Å². The molecule has 0 aromatic carbocycles. The minimum Gasteiger partial charge on any atom is -0.350 e. The Labute approximate surface area is 135 Å². The van der Waals surface area contributed by atoms with Gasteiger partial charge in [0, 0.05) is 43.4 Å². The standard InChI is InChI=1S/C17H19N5O/c23-15-14(13-3-1-6-18-12-13)11-17(21-15)4-9-22(10-5-17)16-19-7-2-8-20-16/h1-3,6-8,12,14H,4-5,9-11H2,(H,21,23)/t14-/m1/s1. The second-order valence-corrected chi connectivity index (χ2v) is 6.35. The summed E-state index contributed by atoms with van der Waals surface area (Å²) in [4.78, 5) is 27.4. The van der Waals surface area contributed by atoms with Gasteiger partial charge >= 0.3 is 0 Å². The molecule has 4 rings (SSSR count). The molecule has 2 aromatic heterocycles. The first-order chi connectivity index (χ1) is 11.3. The van der Waals surface area contributed by atoms with Gasteiger partial charge in [0.25, 0.3) is 0 Å². The predicted octanol–water partition coefficient (Wildman–Crippen LogP) is 1.51. The number of aromatic nitrogens is 3. The number of piperidine rings is 1. The van der Waals surface area contributed by atoms with Crippen molar-refractivity contribution in [1.82, 2.24) is 20.3 Å². The number of nitrogens with zero attached hydrogens (tertiary/aromatic N) is 4. The zero-order chi connectivity index (χ0) is 15.7. The van der Waals surface area contributed by atoms with E-state index in [1.165, 1.54) is 0 Å². The molecule has 2 fully saturated rings. The van der Waals surface area contributed by atoms with Crippen molar-refractivity contribution < 1.29 is 4.79 Å². The van der Waals surface area contributed by atoms with Gasteiger partial charge in [0.1, 0.15) is 0 Å². The first-order valence-electron chi connectivity index (χ1n) is 8.00. The van der Waals surface area contributed by atoms with Crippen LogP contribution >= 0.6 is 0 Å². The number of nitrogens with one attached hydrogen (secondary N) is 1. The molecular formula is C17H19N5O. The first-order valence-corrected chi connectivity index (χ1v) is 8.00. The first kappa shape index (κ1) is 14.1. The molecule has 1 atom stereocenters. The average Bonchev–Trinajstić information content (AvgIpc) is 2.93. The van der Waals surface area contributed by atoms with Crippen molar-refractivity contribution in [1.29, 1.82) is 0 Å². The van der Waals surface area contributed by atoms with Crippen LogP contribution in [0.5, 0.6) is 0 Å². The zero-order valence-electron chi connectivity index (χ0n) is 12.9. The molecule has 1 spiro atoms. The minimum absolute atomic E-state index is 0.0803. The van der Waals surface area contributed by atoms with Gasteiger partial charge < -0.3 is 10.2 Å². The fraction of sp³-hybridized carbons (Fsp3) is 0.412. The Kier molecular flexibility index (Phi) is 3.44. The normalized spacial score (nSPS) is 23.0. The molecule has 6 heteroatoms. The van der Waals surface area contributed by atoms with E-state index >= 15 is 0 Å². The maximum atomic E-state index is 12.4. The van der Waals surface area contributed by atoms with Gasteiger partial charge in [0.2, 0.25) is 11.9 Å². The Balaban J connectivity index is 1.47. The van der Waals surface area contributed by atoms with Gasteiger partial charge in [0.05, 0.1) is 5.92 Å². The lowest BCUT2D eigenvalue weighted by molar-refractivity contribution is -0.121. The molecule has 0 radical (unpaired) electrons. The number of pyridine rings is 1. The highest BCUT2D eigenvalue weighted by molar-refractivity contribution is 5.87. The van der Waals surface area contributed by atoms with Crippen LogP contribution < -0.4 is 10.2 Å². The third-order valence-electron chi connectivity index (χ3n) is 4.94. The van der Waals surface area contributed by atoms with E-state index in [0.717, 1.165) is 43.9 Å². The highest BCUT2D eigenvalue weighted by Gasteiger charge is 2.46. The Morgan fingerprint density at radius 1 is 1.13 bits per heavy atom. The minimum atomic E-state index is -0.0944. The van der Waals surface area contributed by atoms with E-state index in [0.29, 0.717) is 0 Å². The molecule has 1 amide bonds. The molecule has 0 aliphatic carbocycles. The Hall–Kier alpha value is -2.50. The van der Waals surface area contributed by atoms with Crippen molar-refractivity contribution in [3.63, 3.8) is 0 Å². The number of amides is 1. The van der Waals surface area contributed by atoms with Crippen molar-refractivity contribution in [2.75, 3.05) is 18.0 Å². The average molecular weight is 309 g/mol. The molecular weight excluding hydrogens is 290 g/mol. The summed E-state index contributed by atoms with van der Waals surface area (Å²) in [5.74, 6) is 0.820. The fourth-order valence-corrected chi connectivity index (χ4v) is 3.65. The number of carbonyl (C=O) groups is 1. The molecule has 0 unspecified atom stereocenters. The summed E-state index contributed by atoms with van der Waals surface area (Å²) in [6, 6.07) is 5.71. The summed E-state index contributed by atoms with van der Waals surface area (Å²) in [7, 11) is 0. The molecule has 0 bridgehead atoms. The SMILES string of the molecule is O=C1NC2(CCN(c3ncccn3)CC2)C[C@@H]1c1cccnc1. The van der Waals surface area contributed by atoms with Gasteiger partial charge in [0.15, 0.2) is 0 Å². The van der Waals surface area contributed by atoms with Gasteiger partial charge in [-0.1, -0.05) is 6.07 Å². The van der Waals surface area contributed by atoms with E-state index < -0.39 is 0 Å². The van der Waals surface area contributed by atoms with Gasteiger partial charge in [-0.15, -0.1) is 0 Å². The lowest BCUT2D eigenvalue weighted by Gasteiger charge is -2.39. The molecule has 4 heterocycles. The number of hydrogen-bond acceptors (Lipinski definition) is 5. The Morgan fingerprint density at radius 2 is 1.91 bits per heavy atom. The predicted molar refractivity (Wildman–Crippen MR) is 85.9 cm³/mol. The molecule has 2 saturated heterocycles. The summed E-state index contributed by atoms with van der Waals surface area (Å²) >= 11 is 0. The van der Waals surface area contributed by atoms with E-state index in [4.69, 9.17) is 0 Å². The number of hydrogen-bond donors (Lipinski definition) is 1. The second-order valence-electron chi connectivity index (χ2n) is 6.35. The highest BCUT2D eigenvalue weighted by Crippen LogP contribution is 2.39.